The first-order chi connectivity index (χ1) is 36.9. The van der Waals surface area contributed by atoms with Gasteiger partial charge in [0.1, 0.15) is 11.2 Å². The first-order valence-corrected chi connectivity index (χ1v) is 27.7. The summed E-state index contributed by atoms with van der Waals surface area (Å²) in [5, 5.41) is 4.33. The minimum atomic E-state index is 0.563. The van der Waals surface area contributed by atoms with E-state index in [0.717, 1.165) is 156 Å². The van der Waals surface area contributed by atoms with Gasteiger partial charge in [0, 0.05) is 53.1 Å². The van der Waals surface area contributed by atoms with Crippen molar-refractivity contribution in [3.63, 3.8) is 0 Å². The van der Waals surface area contributed by atoms with Crippen LogP contribution in [-0.4, -0.2) is 29.5 Å². The van der Waals surface area contributed by atoms with E-state index in [1.54, 1.807) is 0 Å². The molecule has 0 atom stereocenters. The quantitative estimate of drug-likeness (QED) is 0.0897. The van der Waals surface area contributed by atoms with Crippen molar-refractivity contribution in [2.24, 2.45) is 0 Å². The van der Waals surface area contributed by atoms with Crippen molar-refractivity contribution in [2.75, 3.05) is 0 Å². The number of halogens is 1. The van der Waals surface area contributed by atoms with E-state index >= 15 is 0 Å². The largest absolute Gasteiger partial charge is 0.455 e. The fraction of sp³-hybridized carbons (Fsp3) is 0.179. The second-order valence-corrected chi connectivity index (χ2v) is 21.0. The maximum Gasteiger partial charge on any atom is 0.166 e. The lowest BCUT2D eigenvalue weighted by Gasteiger charge is -2.17. The number of furan rings is 1. The van der Waals surface area contributed by atoms with Crippen molar-refractivity contribution in [1.82, 2.24) is 29.5 Å². The summed E-state index contributed by atoms with van der Waals surface area (Å²) in [5.74, 6) is 2.45. The fourth-order valence-corrected chi connectivity index (χ4v) is 11.4. The third-order valence-electron chi connectivity index (χ3n) is 14.4. The Labute approximate surface area is 452 Å². The Morgan fingerprint density at radius 2 is 0.960 bits per heavy atom. The monoisotopic (exact) mass is 1090 g/mol. The summed E-state index contributed by atoms with van der Waals surface area (Å²) in [6, 6.07) is 64.5. The Bertz CT molecular complexity index is 3960. The number of para-hydroxylation sites is 2. The molecule has 8 heteroatoms. The summed E-state index contributed by atoms with van der Waals surface area (Å²) in [4.78, 5) is 27.3. The number of rotatable bonds is 16. The smallest absolute Gasteiger partial charge is 0.166 e. The summed E-state index contributed by atoms with van der Waals surface area (Å²) in [7, 11) is 0. The highest BCUT2D eigenvalue weighted by Gasteiger charge is 2.24. The molecule has 8 aromatic carbocycles. The lowest BCUT2D eigenvalue weighted by atomic mass is 9.98. The minimum Gasteiger partial charge on any atom is -0.455 e. The molecule has 0 N–H and O–H groups in total. The van der Waals surface area contributed by atoms with Crippen molar-refractivity contribution in [3.05, 3.63) is 202 Å². The molecule has 75 heavy (non-hydrogen) atoms. The van der Waals surface area contributed by atoms with Crippen LogP contribution in [0.25, 0.3) is 117 Å². The number of fused-ring (bicyclic) bond motifs is 7. The van der Waals surface area contributed by atoms with Gasteiger partial charge in [-0.3, -0.25) is 0 Å². The van der Waals surface area contributed by atoms with E-state index in [4.69, 9.17) is 29.3 Å². The highest BCUT2D eigenvalue weighted by molar-refractivity contribution is 14.1. The molecule has 4 heterocycles. The van der Waals surface area contributed by atoms with Crippen LogP contribution < -0.4 is 0 Å². The van der Waals surface area contributed by atoms with Crippen LogP contribution >= 0.6 is 22.6 Å². The second kappa shape index (κ2) is 21.2. The molecule has 0 fully saturated rings. The summed E-state index contributed by atoms with van der Waals surface area (Å²) in [6.07, 6.45) is 9.67. The number of nitrogens with zero attached hydrogens (tertiary/aromatic N) is 6. The van der Waals surface area contributed by atoms with Crippen LogP contribution in [0.1, 0.15) is 76.0 Å². The van der Waals surface area contributed by atoms with Crippen LogP contribution in [0.4, 0.5) is 0 Å². The highest BCUT2D eigenvalue weighted by atomic mass is 127. The van der Waals surface area contributed by atoms with E-state index in [0.29, 0.717) is 23.3 Å². The normalized spacial score (nSPS) is 11.7. The van der Waals surface area contributed by atoms with Gasteiger partial charge in [0.25, 0.3) is 0 Å². The van der Waals surface area contributed by atoms with Gasteiger partial charge in [0.15, 0.2) is 23.3 Å². The van der Waals surface area contributed by atoms with Gasteiger partial charge in [-0.25, -0.2) is 24.9 Å². The van der Waals surface area contributed by atoms with Gasteiger partial charge in [-0.05, 0) is 157 Å². The van der Waals surface area contributed by atoms with Crippen LogP contribution in [0.15, 0.2) is 186 Å². The highest BCUT2D eigenvalue weighted by Crippen LogP contribution is 2.43. The van der Waals surface area contributed by atoms with E-state index in [9.17, 15) is 0 Å². The van der Waals surface area contributed by atoms with E-state index in [-0.39, 0.29) is 0 Å². The van der Waals surface area contributed by atoms with Gasteiger partial charge >= 0.3 is 0 Å². The fourth-order valence-electron chi connectivity index (χ4n) is 10.6. The third kappa shape index (κ3) is 9.64. The van der Waals surface area contributed by atoms with E-state index in [2.05, 4.69) is 212 Å². The summed E-state index contributed by atoms with van der Waals surface area (Å²) < 4.78 is 10.3. The summed E-state index contributed by atoms with van der Waals surface area (Å²) in [5.41, 5.74) is 16.0. The predicted molar refractivity (Wildman–Crippen MR) is 318 cm³/mol. The standard InChI is InChI=1S/C67H57IN6O/c1-4-7-20-43-35-44(21-8-5-2)37-49(36-43)65-71-66(50-38-45(22-9-6-3)39-51(68)40-50)73-67(72-65)55-41-48(64-69-56(46-23-12-10-13-24-46)42-57(70-64)47-25-14-11-15-26-47)31-33-59(55)74-58-29-18-16-28-54(58)62-60(74)34-32-53-52-27-17-19-30-61(52)75-63(53)62/h10-19,23-42H,4-9,20-22H2,1-3H3. The lowest BCUT2D eigenvalue weighted by Crippen LogP contribution is -2.05. The first-order valence-electron chi connectivity index (χ1n) is 26.6. The topological polar surface area (TPSA) is 82.5 Å². The second-order valence-electron chi connectivity index (χ2n) is 19.7. The number of aromatic nitrogens is 6. The molecule has 0 unspecified atom stereocenters. The molecule has 12 aromatic rings. The van der Waals surface area contributed by atoms with Crippen molar-refractivity contribution in [3.8, 4) is 73.8 Å². The van der Waals surface area contributed by atoms with E-state index in [1.165, 1.54) is 16.7 Å². The molecular formula is C67H57IN6O. The molecule has 0 amide bonds. The molecular weight excluding hydrogens is 1030 g/mol. The van der Waals surface area contributed by atoms with Crippen LogP contribution in [0.2, 0.25) is 0 Å². The predicted octanol–water partition coefficient (Wildman–Crippen LogP) is 18.3. The number of benzene rings is 8. The van der Waals surface area contributed by atoms with Gasteiger partial charge < -0.3 is 8.98 Å². The number of unbranched alkanes of at least 4 members (excludes halogenated alkanes) is 3. The van der Waals surface area contributed by atoms with Crippen molar-refractivity contribution in [2.45, 2.75) is 78.6 Å². The minimum absolute atomic E-state index is 0.563. The van der Waals surface area contributed by atoms with Crippen molar-refractivity contribution >= 4 is 66.3 Å². The Hall–Kier alpha value is -7.82. The van der Waals surface area contributed by atoms with Crippen LogP contribution in [-0.2, 0) is 19.3 Å². The Morgan fingerprint density at radius 3 is 1.60 bits per heavy atom. The molecule has 12 rings (SSSR count). The molecule has 368 valence electrons. The SMILES string of the molecule is CCCCc1cc(I)cc(-c2nc(-c3cc(CCCC)cc(CCCC)c3)nc(-c3cc(-c4nc(-c5ccccc5)cc(-c5ccccc5)n4)ccc3-n3c4ccccc4c4c5oc6ccccc6c5ccc43)n2)c1. The van der Waals surface area contributed by atoms with Gasteiger partial charge in [0.05, 0.1) is 33.5 Å². The molecule has 0 spiro atoms. The number of hydrogen-bond donors (Lipinski definition) is 0. The molecule has 0 aliphatic heterocycles. The van der Waals surface area contributed by atoms with Crippen LogP contribution in [0, 0.1) is 3.57 Å². The van der Waals surface area contributed by atoms with Crippen molar-refractivity contribution < 1.29 is 4.42 Å². The molecule has 0 radical (unpaired) electrons. The summed E-state index contributed by atoms with van der Waals surface area (Å²) >= 11 is 2.45. The molecule has 0 aliphatic rings. The van der Waals surface area contributed by atoms with Gasteiger partial charge in [0.2, 0.25) is 0 Å². The maximum atomic E-state index is 6.79. The van der Waals surface area contributed by atoms with E-state index in [1.807, 2.05) is 18.2 Å². The summed E-state index contributed by atoms with van der Waals surface area (Å²) in [6.45, 7) is 6.77. The average molecular weight is 1090 g/mol. The number of aryl methyl sites for hydroxylation is 3. The zero-order valence-corrected chi connectivity index (χ0v) is 44.8. The van der Waals surface area contributed by atoms with Gasteiger partial charge in [-0.15, -0.1) is 0 Å². The van der Waals surface area contributed by atoms with E-state index < -0.39 is 0 Å². The van der Waals surface area contributed by atoms with Crippen molar-refractivity contribution in [1.29, 1.82) is 0 Å². The molecule has 0 saturated carbocycles. The molecule has 0 bridgehead atoms. The zero-order chi connectivity index (χ0) is 50.8. The lowest BCUT2D eigenvalue weighted by molar-refractivity contribution is 0.673. The molecule has 4 aromatic heterocycles. The van der Waals surface area contributed by atoms with Gasteiger partial charge in [-0.1, -0.05) is 143 Å². The average Bonchev–Trinajstić information content (AvgIpc) is 4.06. The number of hydrogen-bond acceptors (Lipinski definition) is 6. The Kier molecular flexibility index (Phi) is 13.6. The third-order valence-corrected chi connectivity index (χ3v) is 15.0. The Morgan fingerprint density at radius 1 is 0.413 bits per heavy atom. The van der Waals surface area contributed by atoms with Gasteiger partial charge in [-0.2, -0.15) is 0 Å². The zero-order valence-electron chi connectivity index (χ0n) is 42.7. The Balaban J connectivity index is 1.16. The molecule has 0 aliphatic carbocycles. The maximum absolute atomic E-state index is 6.79. The van der Waals surface area contributed by atoms with Crippen LogP contribution in [0.3, 0.4) is 0 Å². The van der Waals surface area contributed by atoms with Crippen LogP contribution in [0.5, 0.6) is 0 Å². The first kappa shape index (κ1) is 48.1. The molecule has 0 saturated heterocycles. The molecule has 7 nitrogen and oxygen atoms in total.